The summed E-state index contributed by atoms with van der Waals surface area (Å²) in [6.07, 6.45) is 1.39. The van der Waals surface area contributed by atoms with Gasteiger partial charge in [0.05, 0.1) is 10.5 Å². The van der Waals surface area contributed by atoms with Crippen molar-refractivity contribution in [3.05, 3.63) is 23.1 Å². The Morgan fingerprint density at radius 1 is 1.53 bits per heavy atom. The third-order valence-electron chi connectivity index (χ3n) is 3.46. The average molecular weight is 302 g/mol. The highest BCUT2D eigenvalue weighted by molar-refractivity contribution is 7.80. The van der Waals surface area contributed by atoms with Gasteiger partial charge in [-0.2, -0.15) is 0 Å². The Hall–Kier alpha value is -1.11. The van der Waals surface area contributed by atoms with E-state index in [1.165, 1.54) is 12.1 Å². The highest BCUT2D eigenvalue weighted by atomic mass is 35.5. The number of halogens is 1. The van der Waals surface area contributed by atoms with E-state index in [1.54, 1.807) is 0 Å². The maximum Gasteiger partial charge on any atom is 0.287 e. The molecule has 1 fully saturated rings. The topological polar surface area (TPSA) is 71.5 Å². The van der Waals surface area contributed by atoms with Crippen LogP contribution in [0.2, 0.25) is 5.22 Å². The number of amides is 1. The van der Waals surface area contributed by atoms with Crippen LogP contribution in [0, 0.1) is 0 Å². The number of hydrogen-bond donors (Lipinski definition) is 2. The summed E-state index contributed by atoms with van der Waals surface area (Å²) < 4.78 is 5.09. The van der Waals surface area contributed by atoms with Crippen molar-refractivity contribution in [1.82, 2.24) is 10.2 Å². The van der Waals surface area contributed by atoms with Crippen LogP contribution in [0.25, 0.3) is 0 Å². The van der Waals surface area contributed by atoms with Crippen LogP contribution in [0.5, 0.6) is 0 Å². The number of rotatable bonds is 3. The van der Waals surface area contributed by atoms with E-state index in [9.17, 15) is 4.79 Å². The van der Waals surface area contributed by atoms with Gasteiger partial charge < -0.3 is 20.4 Å². The van der Waals surface area contributed by atoms with E-state index >= 15 is 0 Å². The minimum atomic E-state index is -0.641. The van der Waals surface area contributed by atoms with E-state index in [2.05, 4.69) is 10.2 Å². The second kappa shape index (κ2) is 5.48. The Morgan fingerprint density at radius 2 is 2.16 bits per heavy atom. The second-order valence-corrected chi connectivity index (χ2v) is 5.62. The highest BCUT2D eigenvalue weighted by Crippen LogP contribution is 2.23. The van der Waals surface area contributed by atoms with E-state index in [4.69, 9.17) is 34.0 Å². The number of thiocarbonyl (C=S) groups is 1. The molecule has 0 aromatic carbocycles. The highest BCUT2D eigenvalue weighted by Gasteiger charge is 2.38. The third-order valence-corrected chi connectivity index (χ3v) is 4.06. The van der Waals surface area contributed by atoms with Crippen LogP contribution in [0.3, 0.4) is 0 Å². The van der Waals surface area contributed by atoms with Crippen LogP contribution in [0.4, 0.5) is 0 Å². The molecule has 0 radical (unpaired) electrons. The number of nitrogens with zero attached hydrogens (tertiary/aromatic N) is 1. The summed E-state index contributed by atoms with van der Waals surface area (Å²) in [5.74, 6) is -0.177. The molecule has 0 unspecified atom stereocenters. The third kappa shape index (κ3) is 3.08. The maximum atomic E-state index is 12.1. The van der Waals surface area contributed by atoms with E-state index < -0.39 is 5.54 Å². The van der Waals surface area contributed by atoms with Gasteiger partial charge in [-0.1, -0.05) is 12.2 Å². The Bertz CT molecular complexity index is 495. The largest absolute Gasteiger partial charge is 0.440 e. The van der Waals surface area contributed by atoms with Gasteiger partial charge in [0.2, 0.25) is 0 Å². The molecule has 1 aromatic rings. The Morgan fingerprint density at radius 3 is 2.63 bits per heavy atom. The zero-order valence-corrected chi connectivity index (χ0v) is 12.2. The molecule has 0 aliphatic carbocycles. The van der Waals surface area contributed by atoms with Crippen molar-refractivity contribution in [3.8, 4) is 0 Å². The number of carbonyl (C=O) groups excluding carboxylic acids is 1. The average Bonchev–Trinajstić information content (AvgIpc) is 2.79. The Labute approximate surface area is 122 Å². The smallest absolute Gasteiger partial charge is 0.287 e. The first-order valence-corrected chi connectivity index (χ1v) is 6.78. The van der Waals surface area contributed by atoms with Crippen molar-refractivity contribution in [2.75, 3.05) is 20.1 Å². The molecule has 0 bridgehead atoms. The summed E-state index contributed by atoms with van der Waals surface area (Å²) in [7, 11) is 2.03. The zero-order valence-electron chi connectivity index (χ0n) is 10.6. The SMILES string of the molecule is CN1CCC(NC(=O)c2ccc(Cl)o2)(C(N)=S)CC1. The van der Waals surface area contributed by atoms with Crippen molar-refractivity contribution in [3.63, 3.8) is 0 Å². The molecule has 1 aliphatic heterocycles. The van der Waals surface area contributed by atoms with Crippen molar-refractivity contribution in [2.24, 2.45) is 5.73 Å². The molecular weight excluding hydrogens is 286 g/mol. The molecule has 1 amide bonds. The van der Waals surface area contributed by atoms with Crippen LogP contribution in [-0.2, 0) is 0 Å². The summed E-state index contributed by atoms with van der Waals surface area (Å²) >= 11 is 10.8. The number of carbonyl (C=O) groups is 1. The van der Waals surface area contributed by atoms with Gasteiger partial charge in [-0.05, 0) is 43.6 Å². The van der Waals surface area contributed by atoms with Gasteiger partial charge >= 0.3 is 0 Å². The van der Waals surface area contributed by atoms with Crippen LogP contribution in [0.1, 0.15) is 23.4 Å². The second-order valence-electron chi connectivity index (χ2n) is 4.81. The Kier molecular flexibility index (Phi) is 4.13. The molecule has 7 heteroatoms. The molecule has 1 aromatic heterocycles. The maximum absolute atomic E-state index is 12.1. The van der Waals surface area contributed by atoms with Crippen LogP contribution >= 0.6 is 23.8 Å². The monoisotopic (exact) mass is 301 g/mol. The molecule has 0 atom stereocenters. The van der Waals surface area contributed by atoms with Crippen molar-refractivity contribution in [1.29, 1.82) is 0 Å². The Balaban J connectivity index is 2.13. The van der Waals surface area contributed by atoms with E-state index in [0.717, 1.165) is 13.1 Å². The van der Waals surface area contributed by atoms with Gasteiger partial charge in [0, 0.05) is 13.1 Å². The molecule has 19 heavy (non-hydrogen) atoms. The molecule has 104 valence electrons. The number of hydrogen-bond acceptors (Lipinski definition) is 4. The van der Waals surface area contributed by atoms with Crippen LogP contribution < -0.4 is 11.1 Å². The molecule has 0 spiro atoms. The fourth-order valence-electron chi connectivity index (χ4n) is 2.15. The predicted octanol–water partition coefficient (Wildman–Crippen LogP) is 1.41. The van der Waals surface area contributed by atoms with Gasteiger partial charge in [0.25, 0.3) is 5.91 Å². The lowest BCUT2D eigenvalue weighted by atomic mass is 9.87. The fourth-order valence-corrected chi connectivity index (χ4v) is 2.55. The van der Waals surface area contributed by atoms with Crippen LogP contribution in [0.15, 0.2) is 16.5 Å². The number of furan rings is 1. The van der Waals surface area contributed by atoms with Crippen molar-refractivity contribution < 1.29 is 9.21 Å². The molecule has 2 heterocycles. The van der Waals surface area contributed by atoms with Crippen molar-refractivity contribution >= 4 is 34.7 Å². The summed E-state index contributed by atoms with van der Waals surface area (Å²) in [5, 5.41) is 3.08. The minimum absolute atomic E-state index is 0.166. The van der Waals surface area contributed by atoms with Crippen molar-refractivity contribution in [2.45, 2.75) is 18.4 Å². The first-order chi connectivity index (χ1) is 8.93. The number of nitrogens with one attached hydrogen (secondary N) is 1. The summed E-state index contributed by atoms with van der Waals surface area (Å²) in [4.78, 5) is 14.6. The molecule has 1 saturated heterocycles. The molecule has 2 rings (SSSR count). The number of piperidine rings is 1. The lowest BCUT2D eigenvalue weighted by molar-refractivity contribution is 0.0862. The lowest BCUT2D eigenvalue weighted by Gasteiger charge is -2.40. The lowest BCUT2D eigenvalue weighted by Crippen LogP contribution is -2.61. The predicted molar refractivity (Wildman–Crippen MR) is 77.4 cm³/mol. The molecule has 1 aliphatic rings. The minimum Gasteiger partial charge on any atom is -0.440 e. The number of likely N-dealkylation sites (tertiary alicyclic amines) is 1. The van der Waals surface area contributed by atoms with Gasteiger partial charge in [0.1, 0.15) is 0 Å². The summed E-state index contributed by atoms with van der Waals surface area (Å²) in [6, 6.07) is 3.05. The first kappa shape index (κ1) is 14.3. The molecular formula is C12H16ClN3O2S. The molecule has 3 N–H and O–H groups in total. The normalized spacial score (nSPS) is 19.1. The van der Waals surface area contributed by atoms with E-state index in [-0.39, 0.29) is 16.9 Å². The zero-order chi connectivity index (χ0) is 14.0. The van der Waals surface area contributed by atoms with Gasteiger partial charge in [-0.15, -0.1) is 0 Å². The first-order valence-electron chi connectivity index (χ1n) is 5.99. The van der Waals surface area contributed by atoms with Gasteiger partial charge in [0.15, 0.2) is 11.0 Å². The number of nitrogens with two attached hydrogens (primary N) is 1. The quantitative estimate of drug-likeness (QED) is 0.826. The molecule has 0 saturated carbocycles. The van der Waals surface area contributed by atoms with E-state index in [1.807, 2.05) is 7.05 Å². The van der Waals surface area contributed by atoms with Crippen LogP contribution in [-0.4, -0.2) is 41.5 Å². The standard InChI is InChI=1S/C12H16ClN3O2S/c1-16-6-4-12(5-7-16,11(14)19)15-10(17)8-2-3-9(13)18-8/h2-3H,4-7H2,1H3,(H2,14,19)(H,15,17). The fraction of sp³-hybridized carbons (Fsp3) is 0.500. The summed E-state index contributed by atoms with van der Waals surface area (Å²) in [6.45, 7) is 1.66. The summed E-state index contributed by atoms with van der Waals surface area (Å²) in [5.41, 5.74) is 5.18. The van der Waals surface area contributed by atoms with Gasteiger partial charge in [-0.25, -0.2) is 0 Å². The molecule has 5 nitrogen and oxygen atoms in total. The van der Waals surface area contributed by atoms with Gasteiger partial charge in [-0.3, -0.25) is 4.79 Å². The van der Waals surface area contributed by atoms with E-state index in [0.29, 0.717) is 17.8 Å².